The first kappa shape index (κ1) is 21.8. The van der Waals surface area contributed by atoms with Crippen molar-refractivity contribution >= 4 is 5.91 Å². The minimum Gasteiger partial charge on any atom is -0.375 e. The molecule has 2 aliphatic heterocycles. The van der Waals surface area contributed by atoms with Crippen molar-refractivity contribution in [3.05, 3.63) is 70.8 Å². The Balaban J connectivity index is 1.31. The van der Waals surface area contributed by atoms with Crippen LogP contribution in [0.25, 0.3) is 0 Å². The van der Waals surface area contributed by atoms with Gasteiger partial charge in [0.25, 0.3) is 5.91 Å². The third-order valence-electron chi connectivity index (χ3n) is 6.43. The molecule has 0 atom stereocenters. The molecule has 0 radical (unpaired) electrons. The first-order chi connectivity index (χ1) is 14.8. The molecule has 0 unspecified atom stereocenters. The molecule has 1 amide bonds. The number of hydrogen-bond acceptors (Lipinski definition) is 3. The monoisotopic (exact) mass is 433 g/mol. The van der Waals surface area contributed by atoms with E-state index in [0.29, 0.717) is 37.8 Å². The number of carbonyl (C=O) groups excluding carboxylic acids is 1. The Labute approximate surface area is 180 Å². The quantitative estimate of drug-likeness (QED) is 0.688. The summed E-state index contributed by atoms with van der Waals surface area (Å²) in [4.78, 5) is 14.7. The van der Waals surface area contributed by atoms with Gasteiger partial charge < -0.3 is 14.4 Å². The van der Waals surface area contributed by atoms with Gasteiger partial charge in [-0.1, -0.05) is 24.3 Å². The number of halogens is 3. The highest BCUT2D eigenvalue weighted by Crippen LogP contribution is 2.33. The summed E-state index contributed by atoms with van der Waals surface area (Å²) in [7, 11) is 1.66. The Morgan fingerprint density at radius 3 is 2.16 bits per heavy atom. The van der Waals surface area contributed by atoms with Gasteiger partial charge in [0.05, 0.1) is 18.8 Å². The van der Waals surface area contributed by atoms with E-state index in [1.54, 1.807) is 19.2 Å². The van der Waals surface area contributed by atoms with Crippen LogP contribution in [-0.2, 0) is 27.7 Å². The lowest BCUT2D eigenvalue weighted by molar-refractivity contribution is -0.202. The molecule has 166 valence electrons. The Kier molecular flexibility index (Phi) is 6.08. The van der Waals surface area contributed by atoms with Gasteiger partial charge in [-0.3, -0.25) is 4.79 Å². The molecule has 2 aliphatic rings. The number of alkyl halides is 3. The maximum atomic E-state index is 12.9. The van der Waals surface area contributed by atoms with Crippen LogP contribution in [-0.4, -0.2) is 44.2 Å². The molecule has 4 nitrogen and oxygen atoms in total. The fourth-order valence-electron chi connectivity index (χ4n) is 4.29. The molecule has 2 fully saturated rings. The van der Waals surface area contributed by atoms with Crippen LogP contribution < -0.4 is 0 Å². The van der Waals surface area contributed by atoms with Crippen LogP contribution in [0, 0.1) is 5.92 Å². The molecule has 31 heavy (non-hydrogen) atoms. The Morgan fingerprint density at radius 1 is 1.06 bits per heavy atom. The van der Waals surface area contributed by atoms with Gasteiger partial charge in [-0.15, -0.1) is 0 Å². The number of carbonyl (C=O) groups is 1. The van der Waals surface area contributed by atoms with Gasteiger partial charge in [0, 0.05) is 25.8 Å². The van der Waals surface area contributed by atoms with Gasteiger partial charge in [0.1, 0.15) is 5.60 Å². The number of rotatable bonds is 5. The van der Waals surface area contributed by atoms with Crippen molar-refractivity contribution in [2.45, 2.75) is 31.0 Å². The van der Waals surface area contributed by atoms with Crippen LogP contribution in [0.5, 0.6) is 0 Å². The summed E-state index contributed by atoms with van der Waals surface area (Å²) < 4.78 is 49.0. The van der Waals surface area contributed by atoms with E-state index in [-0.39, 0.29) is 5.91 Å². The average molecular weight is 433 g/mol. The number of nitrogens with zero attached hydrogens (tertiary/aromatic N) is 1. The lowest BCUT2D eigenvalue weighted by Crippen LogP contribution is -2.48. The van der Waals surface area contributed by atoms with Crippen LogP contribution in [0.4, 0.5) is 13.2 Å². The van der Waals surface area contributed by atoms with Crippen molar-refractivity contribution in [3.63, 3.8) is 0 Å². The van der Waals surface area contributed by atoms with Crippen molar-refractivity contribution < 1.29 is 27.4 Å². The summed E-state index contributed by atoms with van der Waals surface area (Å²) in [6, 6.07) is 12.9. The average Bonchev–Trinajstić information content (AvgIpc) is 2.74. The molecule has 2 saturated heterocycles. The summed E-state index contributed by atoms with van der Waals surface area (Å²) in [6.07, 6.45) is -1.89. The van der Waals surface area contributed by atoms with Gasteiger partial charge in [-0.05, 0) is 60.6 Å². The number of methoxy groups -OCH3 is 1. The van der Waals surface area contributed by atoms with E-state index in [4.69, 9.17) is 9.47 Å². The molecule has 7 heteroatoms. The lowest BCUT2D eigenvalue weighted by Gasteiger charge is -2.40. The van der Waals surface area contributed by atoms with E-state index in [2.05, 4.69) is 0 Å². The van der Waals surface area contributed by atoms with Crippen LogP contribution >= 0.6 is 0 Å². The molecule has 2 aromatic rings. The molecule has 0 spiro atoms. The van der Waals surface area contributed by atoms with E-state index in [1.165, 1.54) is 0 Å². The van der Waals surface area contributed by atoms with Gasteiger partial charge >= 0.3 is 6.18 Å². The maximum Gasteiger partial charge on any atom is 0.416 e. The Hall–Kier alpha value is -2.38. The highest BCUT2D eigenvalue weighted by molar-refractivity contribution is 5.94. The van der Waals surface area contributed by atoms with Crippen molar-refractivity contribution in [1.82, 2.24) is 4.90 Å². The van der Waals surface area contributed by atoms with Gasteiger partial charge in [0.2, 0.25) is 0 Å². The van der Waals surface area contributed by atoms with Gasteiger partial charge in [-0.25, -0.2) is 0 Å². The SMILES string of the molecule is COC1(c2ccc(C(=O)N3CCC(Cc4ccc(C(F)(F)F)cc4)CC3)cc2)COC1. The molecular formula is C24H26F3NO3. The third kappa shape index (κ3) is 4.62. The van der Waals surface area contributed by atoms with Crippen molar-refractivity contribution in [2.75, 3.05) is 33.4 Å². The molecule has 4 rings (SSSR count). The second kappa shape index (κ2) is 8.63. The zero-order valence-electron chi connectivity index (χ0n) is 17.5. The van der Waals surface area contributed by atoms with E-state index < -0.39 is 17.3 Å². The second-order valence-corrected chi connectivity index (χ2v) is 8.40. The third-order valence-corrected chi connectivity index (χ3v) is 6.43. The fraction of sp³-hybridized carbons (Fsp3) is 0.458. The molecule has 2 heterocycles. The first-order valence-electron chi connectivity index (χ1n) is 10.5. The first-order valence-corrected chi connectivity index (χ1v) is 10.5. The molecule has 0 aromatic heterocycles. The molecule has 2 aromatic carbocycles. The predicted molar refractivity (Wildman–Crippen MR) is 110 cm³/mol. The number of benzene rings is 2. The van der Waals surface area contributed by atoms with Crippen molar-refractivity contribution in [3.8, 4) is 0 Å². The molecule has 0 N–H and O–H groups in total. The number of ether oxygens (including phenoxy) is 2. The summed E-state index contributed by atoms with van der Waals surface area (Å²) in [6.45, 7) is 2.34. The number of amides is 1. The molecule has 0 aliphatic carbocycles. The predicted octanol–water partition coefficient (Wildman–Crippen LogP) is 4.67. The van der Waals surface area contributed by atoms with E-state index in [1.807, 2.05) is 29.2 Å². The second-order valence-electron chi connectivity index (χ2n) is 8.40. The normalized spacial score (nSPS) is 19.2. The van der Waals surface area contributed by atoms with Gasteiger partial charge in [-0.2, -0.15) is 13.2 Å². The summed E-state index contributed by atoms with van der Waals surface area (Å²) in [5.41, 5.74) is 1.53. The maximum absolute atomic E-state index is 12.9. The summed E-state index contributed by atoms with van der Waals surface area (Å²) >= 11 is 0. The van der Waals surface area contributed by atoms with Crippen molar-refractivity contribution in [1.29, 1.82) is 0 Å². The minimum absolute atomic E-state index is 0.0101. The molecule has 0 saturated carbocycles. The topological polar surface area (TPSA) is 38.8 Å². The highest BCUT2D eigenvalue weighted by atomic mass is 19.4. The zero-order valence-corrected chi connectivity index (χ0v) is 17.5. The van der Waals surface area contributed by atoms with E-state index in [0.717, 1.165) is 42.5 Å². The molecule has 0 bridgehead atoms. The zero-order chi connectivity index (χ0) is 22.1. The smallest absolute Gasteiger partial charge is 0.375 e. The summed E-state index contributed by atoms with van der Waals surface area (Å²) in [5.74, 6) is 0.374. The standard InChI is InChI=1S/C24H26F3NO3/c1-30-23(15-31-16-23)20-8-4-19(5-9-20)22(29)28-12-10-18(11-13-28)14-17-2-6-21(7-3-17)24(25,26)27/h2-9,18H,10-16H2,1H3. The van der Waals surface area contributed by atoms with E-state index in [9.17, 15) is 18.0 Å². The van der Waals surface area contributed by atoms with Crippen LogP contribution in [0.15, 0.2) is 48.5 Å². The number of likely N-dealkylation sites (tertiary alicyclic amines) is 1. The van der Waals surface area contributed by atoms with E-state index >= 15 is 0 Å². The van der Waals surface area contributed by atoms with Crippen LogP contribution in [0.1, 0.15) is 39.9 Å². The van der Waals surface area contributed by atoms with Crippen molar-refractivity contribution in [2.24, 2.45) is 5.92 Å². The number of hydrogen-bond donors (Lipinski definition) is 0. The van der Waals surface area contributed by atoms with Crippen LogP contribution in [0.3, 0.4) is 0 Å². The molecular weight excluding hydrogens is 407 g/mol. The number of piperidine rings is 1. The minimum atomic E-state index is -4.31. The Bertz CT molecular complexity index is 892. The Morgan fingerprint density at radius 2 is 1.68 bits per heavy atom. The largest absolute Gasteiger partial charge is 0.416 e. The lowest BCUT2D eigenvalue weighted by atomic mass is 9.89. The van der Waals surface area contributed by atoms with Crippen LogP contribution in [0.2, 0.25) is 0 Å². The fourth-order valence-corrected chi connectivity index (χ4v) is 4.29. The van der Waals surface area contributed by atoms with Gasteiger partial charge in [0.15, 0.2) is 0 Å². The summed E-state index contributed by atoms with van der Waals surface area (Å²) in [5, 5.41) is 0. The highest BCUT2D eigenvalue weighted by Gasteiger charge is 2.40.